The third kappa shape index (κ3) is 4.57. The van der Waals surface area contributed by atoms with Crippen LogP contribution in [0, 0.1) is 0 Å². The van der Waals surface area contributed by atoms with Crippen LogP contribution in [0.4, 0.5) is 19.3 Å². The van der Waals surface area contributed by atoms with Crippen LogP contribution in [0.2, 0.25) is 5.02 Å². The number of hydrazine groups is 1. The van der Waals surface area contributed by atoms with Gasteiger partial charge in [-0.1, -0.05) is 29.8 Å². The molecule has 3 aromatic rings. The molecule has 3 amide bonds. The van der Waals surface area contributed by atoms with E-state index in [4.69, 9.17) is 16.3 Å². The van der Waals surface area contributed by atoms with Gasteiger partial charge in [-0.25, -0.2) is 10.2 Å². The number of aromatic nitrogens is 1. The number of aliphatic hydroxyl groups excluding tert-OH is 1. The Bertz CT molecular complexity index is 1200. The molecule has 8 nitrogen and oxygen atoms in total. The van der Waals surface area contributed by atoms with Gasteiger partial charge in [0.1, 0.15) is 5.75 Å². The van der Waals surface area contributed by atoms with E-state index in [0.717, 1.165) is 12.1 Å². The molecule has 0 aliphatic carbocycles. The maximum absolute atomic E-state index is 14.5. The molecule has 0 bridgehead atoms. The summed E-state index contributed by atoms with van der Waals surface area (Å²) >= 11 is 6.08. The quantitative estimate of drug-likeness (QED) is 0.499. The summed E-state index contributed by atoms with van der Waals surface area (Å²) < 4.78 is 34.8. The molecule has 170 valence electrons. The second-order valence-electron chi connectivity index (χ2n) is 7.10. The van der Waals surface area contributed by atoms with Crippen LogP contribution in [-0.4, -0.2) is 28.0 Å². The van der Waals surface area contributed by atoms with E-state index in [9.17, 15) is 23.5 Å². The van der Waals surface area contributed by atoms with Crippen molar-refractivity contribution in [3.63, 3.8) is 0 Å². The predicted molar refractivity (Wildman–Crippen MR) is 115 cm³/mol. The number of pyridine rings is 1. The predicted octanol–water partition coefficient (Wildman–Crippen LogP) is 3.96. The van der Waals surface area contributed by atoms with Crippen LogP contribution >= 0.6 is 11.6 Å². The van der Waals surface area contributed by atoms with Crippen molar-refractivity contribution in [2.45, 2.75) is 18.6 Å². The molecule has 0 fully saturated rings. The zero-order chi connectivity index (χ0) is 23.6. The summed E-state index contributed by atoms with van der Waals surface area (Å²) in [6.45, 7) is 0.0151. The highest BCUT2D eigenvalue weighted by atomic mass is 35.5. The van der Waals surface area contributed by atoms with Crippen molar-refractivity contribution in [3.8, 4) is 11.5 Å². The van der Waals surface area contributed by atoms with E-state index in [0.29, 0.717) is 22.1 Å². The number of aliphatic hydroxyl groups is 1. The molecule has 0 radical (unpaired) electrons. The smallest absolute Gasteiger partial charge is 0.355 e. The fraction of sp³-hybridized carbons (Fsp3) is 0.136. The second-order valence-corrected chi connectivity index (χ2v) is 7.53. The summed E-state index contributed by atoms with van der Waals surface area (Å²) in [5.74, 6) is -5.31. The molecule has 0 saturated heterocycles. The lowest BCUT2D eigenvalue weighted by molar-refractivity contribution is -0.165. The number of halogens is 3. The summed E-state index contributed by atoms with van der Waals surface area (Å²) in [7, 11) is 0. The molecule has 2 aromatic carbocycles. The molecule has 1 atom stereocenters. The average Bonchev–Trinajstić information content (AvgIpc) is 2.98. The number of carbonyl (C=O) groups excluding carboxylic acids is 2. The summed E-state index contributed by atoms with van der Waals surface area (Å²) in [6.07, 6.45) is -0.0258. The molecule has 0 saturated carbocycles. The van der Waals surface area contributed by atoms with Crippen molar-refractivity contribution in [1.29, 1.82) is 0 Å². The third-order valence-corrected chi connectivity index (χ3v) is 5.16. The van der Waals surface area contributed by atoms with Gasteiger partial charge in [0.05, 0.1) is 12.2 Å². The summed E-state index contributed by atoms with van der Waals surface area (Å²) in [5, 5.41) is 10.3. The molecule has 11 heteroatoms. The number of anilines is 1. The van der Waals surface area contributed by atoms with Crippen LogP contribution in [0.3, 0.4) is 0 Å². The number of fused-ring (bicyclic) bond motifs is 2. The van der Waals surface area contributed by atoms with Crippen LogP contribution in [0.25, 0.3) is 0 Å². The van der Waals surface area contributed by atoms with Gasteiger partial charge in [-0.3, -0.25) is 20.1 Å². The van der Waals surface area contributed by atoms with Crippen molar-refractivity contribution in [3.05, 3.63) is 83.1 Å². The minimum Gasteiger partial charge on any atom is -0.455 e. The summed E-state index contributed by atoms with van der Waals surface area (Å²) in [6, 6.07) is 13.0. The van der Waals surface area contributed by atoms with Gasteiger partial charge in [0, 0.05) is 23.0 Å². The lowest BCUT2D eigenvalue weighted by atomic mass is 10.0. The maximum Gasteiger partial charge on any atom is 0.355 e. The van der Waals surface area contributed by atoms with Gasteiger partial charge in [0.2, 0.25) is 0 Å². The lowest BCUT2D eigenvalue weighted by Crippen LogP contribution is -2.54. The first-order valence-electron chi connectivity index (χ1n) is 9.66. The molecule has 4 rings (SSSR count). The fourth-order valence-corrected chi connectivity index (χ4v) is 3.38. The maximum atomic E-state index is 14.5. The lowest BCUT2D eigenvalue weighted by Gasteiger charge is -2.25. The molecule has 33 heavy (non-hydrogen) atoms. The molecule has 1 aliphatic rings. The van der Waals surface area contributed by atoms with Crippen LogP contribution in [0.15, 0.2) is 67.0 Å². The Morgan fingerprint density at radius 1 is 1.09 bits per heavy atom. The van der Waals surface area contributed by atoms with E-state index in [2.05, 4.69) is 4.98 Å². The largest absolute Gasteiger partial charge is 0.455 e. The third-order valence-electron chi connectivity index (χ3n) is 4.93. The topological polar surface area (TPSA) is 104 Å². The van der Waals surface area contributed by atoms with Gasteiger partial charge in [0.15, 0.2) is 11.9 Å². The first-order valence-corrected chi connectivity index (χ1v) is 10.0. The van der Waals surface area contributed by atoms with E-state index in [-0.39, 0.29) is 17.8 Å². The normalized spacial score (nSPS) is 13.6. The Morgan fingerprint density at radius 2 is 1.82 bits per heavy atom. The highest BCUT2D eigenvalue weighted by molar-refractivity contribution is 6.31. The van der Waals surface area contributed by atoms with Crippen molar-refractivity contribution in [1.82, 2.24) is 15.8 Å². The summed E-state index contributed by atoms with van der Waals surface area (Å²) in [4.78, 5) is 29.9. The van der Waals surface area contributed by atoms with E-state index < -0.39 is 24.0 Å². The summed E-state index contributed by atoms with van der Waals surface area (Å²) in [5.41, 5.74) is 4.36. The van der Waals surface area contributed by atoms with Gasteiger partial charge < -0.3 is 9.84 Å². The average molecular weight is 475 g/mol. The van der Waals surface area contributed by atoms with E-state index in [1.165, 1.54) is 23.4 Å². The van der Waals surface area contributed by atoms with Gasteiger partial charge in [-0.15, -0.1) is 0 Å². The Balaban J connectivity index is 1.53. The second kappa shape index (κ2) is 9.00. The van der Waals surface area contributed by atoms with Gasteiger partial charge in [-0.05, 0) is 42.0 Å². The number of carbonyl (C=O) groups is 2. The molecule has 0 spiro atoms. The number of benzene rings is 2. The molecule has 1 unspecified atom stereocenters. The monoisotopic (exact) mass is 474 g/mol. The van der Waals surface area contributed by atoms with Gasteiger partial charge >= 0.3 is 17.9 Å². The number of para-hydroxylation sites is 1. The SMILES string of the molecule is O=C(NNC(=O)C(F)(F)C(O)c1ccncc1)N1Cc2ccccc2Oc2ccc(Cl)cc21. The minimum absolute atomic E-state index is 0.0151. The first kappa shape index (κ1) is 22.4. The minimum atomic E-state index is -4.23. The number of ether oxygens (including phenoxy) is 1. The Kier molecular flexibility index (Phi) is 6.12. The van der Waals surface area contributed by atoms with E-state index >= 15 is 0 Å². The van der Waals surface area contributed by atoms with E-state index in [1.54, 1.807) is 41.8 Å². The molecular weight excluding hydrogens is 458 g/mol. The van der Waals surface area contributed by atoms with Crippen LogP contribution in [0.1, 0.15) is 17.2 Å². The number of nitrogens with one attached hydrogen (secondary N) is 2. The molecule has 3 N–H and O–H groups in total. The van der Waals surface area contributed by atoms with Crippen LogP contribution < -0.4 is 20.5 Å². The number of hydrogen-bond donors (Lipinski definition) is 3. The number of urea groups is 1. The van der Waals surface area contributed by atoms with Crippen LogP contribution in [0.5, 0.6) is 11.5 Å². The molecule has 1 aliphatic heterocycles. The van der Waals surface area contributed by atoms with Crippen LogP contribution in [-0.2, 0) is 11.3 Å². The number of alkyl halides is 2. The highest BCUT2D eigenvalue weighted by Crippen LogP contribution is 2.40. The van der Waals surface area contributed by atoms with Crippen molar-refractivity contribution >= 4 is 29.2 Å². The van der Waals surface area contributed by atoms with E-state index in [1.807, 2.05) is 5.43 Å². The standard InChI is InChI=1S/C22H17ClF2N4O4/c23-15-5-6-18-16(11-15)29(12-14-3-1-2-4-17(14)33-18)21(32)28-27-20(31)22(24,25)19(30)13-7-9-26-10-8-13/h1-11,19,30H,12H2,(H,27,31)(H,28,32). The Morgan fingerprint density at radius 3 is 2.58 bits per heavy atom. The molecule has 1 aromatic heterocycles. The Hall–Kier alpha value is -3.76. The number of nitrogens with zero attached hydrogens (tertiary/aromatic N) is 2. The molecule has 2 heterocycles. The van der Waals surface area contributed by atoms with Crippen molar-refractivity contribution in [2.75, 3.05) is 4.90 Å². The number of rotatable bonds is 3. The number of amides is 3. The zero-order valence-electron chi connectivity index (χ0n) is 16.8. The van der Waals surface area contributed by atoms with Crippen molar-refractivity contribution < 1.29 is 28.2 Å². The Labute approximate surface area is 191 Å². The van der Waals surface area contributed by atoms with Gasteiger partial charge in [-0.2, -0.15) is 8.78 Å². The molecular formula is C22H17ClF2N4O4. The number of hydrogen-bond acceptors (Lipinski definition) is 5. The first-order chi connectivity index (χ1) is 15.8. The fourth-order valence-electron chi connectivity index (χ4n) is 3.22. The highest BCUT2D eigenvalue weighted by Gasteiger charge is 2.47. The van der Waals surface area contributed by atoms with Crippen molar-refractivity contribution in [2.24, 2.45) is 0 Å². The zero-order valence-corrected chi connectivity index (χ0v) is 17.6. The van der Waals surface area contributed by atoms with Gasteiger partial charge in [0.25, 0.3) is 0 Å².